The average Bonchev–Trinajstić information content (AvgIpc) is 1.54. The molecule has 0 amide bonds. The highest BCUT2D eigenvalue weighted by Crippen LogP contribution is 2.46. The van der Waals surface area contributed by atoms with Gasteiger partial charge in [0.05, 0.1) is 11.0 Å². The second-order valence-corrected chi connectivity index (χ2v) is 28.1. The summed E-state index contributed by atoms with van der Waals surface area (Å²) in [5.74, 6) is 3.36. The van der Waals surface area contributed by atoms with Gasteiger partial charge in [-0.05, 0) is 104 Å². The molecular weight excluding hydrogens is 1370 g/mol. The number of nitrogens with zero attached hydrogens (tertiary/aromatic N) is 8. The molecule has 22 aromatic rings. The highest BCUT2D eigenvalue weighted by atomic mass is 16.3. The minimum absolute atomic E-state index is 0.513. The van der Waals surface area contributed by atoms with Crippen LogP contribution in [0.4, 0.5) is 0 Å². The van der Waals surface area contributed by atoms with Crippen LogP contribution in [0, 0.1) is 0 Å². The molecule has 0 bridgehead atoms. The molecule has 0 aliphatic rings. The van der Waals surface area contributed by atoms with E-state index in [9.17, 15) is 0 Å². The fourth-order valence-electron chi connectivity index (χ4n) is 15.9. The minimum atomic E-state index is 0.513. The molecule has 524 valence electrons. The van der Waals surface area contributed by atoms with Crippen molar-refractivity contribution in [3.63, 3.8) is 0 Å². The van der Waals surface area contributed by atoms with Crippen molar-refractivity contribution in [1.82, 2.24) is 39.0 Å². The number of rotatable bonds is 12. The molecule has 16 aromatic carbocycles. The number of furan rings is 2. The van der Waals surface area contributed by atoms with Crippen molar-refractivity contribution in [2.45, 2.75) is 0 Å². The Morgan fingerprint density at radius 3 is 0.938 bits per heavy atom. The smallest absolute Gasteiger partial charge is 0.238 e. The third-order valence-corrected chi connectivity index (χ3v) is 21.4. The van der Waals surface area contributed by atoms with E-state index in [1.54, 1.807) is 0 Å². The van der Waals surface area contributed by atoms with Crippen molar-refractivity contribution in [2.24, 2.45) is 0 Å². The van der Waals surface area contributed by atoms with Crippen LogP contribution >= 0.6 is 0 Å². The monoisotopic (exact) mass is 1430 g/mol. The number of benzene rings is 16. The second-order valence-electron chi connectivity index (χ2n) is 28.1. The van der Waals surface area contributed by atoms with Gasteiger partial charge in [-0.15, -0.1) is 0 Å². The molecule has 0 atom stereocenters. The Balaban J connectivity index is 0.000000141. The van der Waals surface area contributed by atoms with Gasteiger partial charge in [-0.3, -0.25) is 9.13 Å². The topological polar surface area (TPSA) is 113 Å². The summed E-state index contributed by atoms with van der Waals surface area (Å²) in [6, 6.07) is 135. The van der Waals surface area contributed by atoms with E-state index < -0.39 is 0 Å². The van der Waals surface area contributed by atoms with Crippen molar-refractivity contribution >= 4 is 87.5 Å². The SMILES string of the molecule is c1ccc(-c2ccc(-c3nc(-c4cccc(-c5ccccc5)c4)nc(-n4c5c(-c6ccccc6)cccc5c5ccc6c7ccccc7oc6c54)n3)cc2)cc1.c1ccc(-c2ccc(-c3nc(-c4cccc(-c5ccccc5)c4)nc(-n4c5cc(-c6ccccc6)ccc5c5ccc6c7ccccc7oc6c54)n3)cc2)cc1. The molecule has 0 saturated heterocycles. The maximum atomic E-state index is 6.76. The number of hydrogen-bond acceptors (Lipinski definition) is 8. The average molecular weight is 1430 g/mol. The van der Waals surface area contributed by atoms with Gasteiger partial charge >= 0.3 is 0 Å². The van der Waals surface area contributed by atoms with Gasteiger partial charge in [0, 0.05) is 70.9 Å². The van der Waals surface area contributed by atoms with Gasteiger partial charge in [0.25, 0.3) is 0 Å². The molecule has 6 heterocycles. The summed E-state index contributed by atoms with van der Waals surface area (Å²) in [5.41, 5.74) is 24.1. The highest BCUT2D eigenvalue weighted by molar-refractivity contribution is 6.24. The highest BCUT2D eigenvalue weighted by Gasteiger charge is 2.27. The van der Waals surface area contributed by atoms with Gasteiger partial charge < -0.3 is 8.83 Å². The zero-order chi connectivity index (χ0) is 74.0. The number of fused-ring (bicyclic) bond motifs is 14. The van der Waals surface area contributed by atoms with E-state index in [4.69, 9.17) is 38.7 Å². The molecule has 10 heteroatoms. The van der Waals surface area contributed by atoms with Crippen LogP contribution in [0.15, 0.2) is 397 Å². The number of hydrogen-bond donors (Lipinski definition) is 0. The summed E-state index contributed by atoms with van der Waals surface area (Å²) in [6.45, 7) is 0. The summed E-state index contributed by atoms with van der Waals surface area (Å²) in [6.07, 6.45) is 0. The molecule has 112 heavy (non-hydrogen) atoms. The van der Waals surface area contributed by atoms with Crippen LogP contribution in [0.25, 0.3) is 212 Å². The van der Waals surface area contributed by atoms with Crippen molar-refractivity contribution in [2.75, 3.05) is 0 Å². The third kappa shape index (κ3) is 11.6. The van der Waals surface area contributed by atoms with E-state index in [2.05, 4.69) is 337 Å². The summed E-state index contributed by atoms with van der Waals surface area (Å²) in [4.78, 5) is 31.8. The third-order valence-electron chi connectivity index (χ3n) is 21.4. The second kappa shape index (κ2) is 27.5. The van der Waals surface area contributed by atoms with E-state index in [1.165, 1.54) is 0 Å². The van der Waals surface area contributed by atoms with Gasteiger partial charge in [0.15, 0.2) is 34.5 Å². The van der Waals surface area contributed by atoms with E-state index in [0.29, 0.717) is 35.2 Å². The van der Waals surface area contributed by atoms with Crippen LogP contribution in [-0.4, -0.2) is 39.0 Å². The standard InChI is InChI=1S/2C51H32N4O/c1-4-14-33(15-5-1)35-26-28-37(29-27-35)49-52-50(39-21-12-20-38(32-39)34-16-6-2-7-17-34)54-51(53-49)55-46-40(36-18-8-3-9-19-36)23-13-24-42(46)43-30-31-44-41-22-10-11-25-45(41)56-48(44)47(43)55;1-4-13-33(14-5-1)36-23-25-37(26-24-36)49-52-50(40-20-12-19-38(31-40)34-15-6-2-7-16-34)54-51(53-49)55-45-32-39(35-17-8-3-9-18-35)27-28-41(45)43-29-30-44-42-21-10-11-22-46(42)56-48(44)47(43)55/h2*1-32H. The maximum Gasteiger partial charge on any atom is 0.238 e. The van der Waals surface area contributed by atoms with E-state index in [1.807, 2.05) is 60.7 Å². The summed E-state index contributed by atoms with van der Waals surface area (Å²) >= 11 is 0. The van der Waals surface area contributed by atoms with E-state index in [0.717, 1.165) is 177 Å². The molecule has 0 saturated carbocycles. The molecule has 22 rings (SSSR count). The fraction of sp³-hybridized carbons (Fsp3) is 0. The lowest BCUT2D eigenvalue weighted by atomic mass is 10.0. The van der Waals surface area contributed by atoms with Gasteiger partial charge in [-0.1, -0.05) is 346 Å². The number of aromatic nitrogens is 8. The predicted octanol–water partition coefficient (Wildman–Crippen LogP) is 26.4. The Hall–Kier alpha value is -15.3. The molecule has 0 unspecified atom stereocenters. The molecule has 10 nitrogen and oxygen atoms in total. The van der Waals surface area contributed by atoms with E-state index >= 15 is 0 Å². The molecule has 0 N–H and O–H groups in total. The first-order valence-electron chi connectivity index (χ1n) is 37.5. The van der Waals surface area contributed by atoms with Crippen LogP contribution in [0.2, 0.25) is 0 Å². The van der Waals surface area contributed by atoms with Gasteiger partial charge in [0.2, 0.25) is 11.9 Å². The summed E-state index contributed by atoms with van der Waals surface area (Å²) < 4.78 is 17.9. The molecule has 0 aliphatic heterocycles. The lowest BCUT2D eigenvalue weighted by Gasteiger charge is -2.13. The largest absolute Gasteiger partial charge is 0.454 e. The summed E-state index contributed by atoms with van der Waals surface area (Å²) in [7, 11) is 0. The maximum absolute atomic E-state index is 6.76. The molecule has 0 fully saturated rings. The van der Waals surface area contributed by atoms with Crippen LogP contribution in [0.3, 0.4) is 0 Å². The van der Waals surface area contributed by atoms with Crippen LogP contribution in [0.5, 0.6) is 0 Å². The van der Waals surface area contributed by atoms with Crippen molar-refractivity contribution in [3.05, 3.63) is 388 Å². The first kappa shape index (κ1) is 65.1. The van der Waals surface area contributed by atoms with Gasteiger partial charge in [-0.25, -0.2) is 9.97 Å². The fourth-order valence-corrected chi connectivity index (χ4v) is 15.9. The molecule has 0 spiro atoms. The molecule has 6 aromatic heterocycles. The minimum Gasteiger partial charge on any atom is -0.454 e. The first-order valence-corrected chi connectivity index (χ1v) is 37.5. The Kier molecular flexibility index (Phi) is 16.0. The van der Waals surface area contributed by atoms with Crippen LogP contribution in [-0.2, 0) is 0 Å². The normalized spacial score (nSPS) is 11.6. The van der Waals surface area contributed by atoms with Gasteiger partial charge in [-0.2, -0.15) is 19.9 Å². The molecule has 0 radical (unpaired) electrons. The quantitative estimate of drug-likeness (QED) is 0.119. The van der Waals surface area contributed by atoms with Crippen molar-refractivity contribution in [3.8, 4) is 124 Å². The van der Waals surface area contributed by atoms with Gasteiger partial charge in [0.1, 0.15) is 22.2 Å². The van der Waals surface area contributed by atoms with E-state index in [-0.39, 0.29) is 0 Å². The van der Waals surface area contributed by atoms with Crippen LogP contribution < -0.4 is 0 Å². The van der Waals surface area contributed by atoms with Crippen LogP contribution in [0.1, 0.15) is 0 Å². The zero-order valence-corrected chi connectivity index (χ0v) is 60.3. The Bertz CT molecular complexity index is 7330. The predicted molar refractivity (Wildman–Crippen MR) is 457 cm³/mol. The number of para-hydroxylation sites is 3. The zero-order valence-electron chi connectivity index (χ0n) is 60.3. The Morgan fingerprint density at radius 1 is 0.179 bits per heavy atom. The lowest BCUT2D eigenvalue weighted by molar-refractivity contribution is 0.670. The Labute approximate surface area is 643 Å². The van der Waals surface area contributed by atoms with Crippen molar-refractivity contribution < 1.29 is 8.83 Å². The van der Waals surface area contributed by atoms with Crippen molar-refractivity contribution in [1.29, 1.82) is 0 Å². The molecule has 0 aliphatic carbocycles. The lowest BCUT2D eigenvalue weighted by Crippen LogP contribution is -2.07. The summed E-state index contributed by atoms with van der Waals surface area (Å²) in [5, 5.41) is 8.52. The molecular formula is C102H64N8O2. The first-order chi connectivity index (χ1) is 55.5. The Morgan fingerprint density at radius 2 is 0.473 bits per heavy atom.